The van der Waals surface area contributed by atoms with E-state index in [1.807, 2.05) is 36.4 Å². The van der Waals surface area contributed by atoms with E-state index in [9.17, 15) is 4.79 Å². The summed E-state index contributed by atoms with van der Waals surface area (Å²) in [5.74, 6) is 0.0507. The average Bonchev–Trinajstić information content (AvgIpc) is 2.98. The van der Waals surface area contributed by atoms with Crippen molar-refractivity contribution >= 4 is 16.9 Å². The summed E-state index contributed by atoms with van der Waals surface area (Å²) in [5.41, 5.74) is 1.89. The molecule has 0 unspecified atom stereocenters. The van der Waals surface area contributed by atoms with Crippen molar-refractivity contribution in [3.05, 3.63) is 54.1 Å². The van der Waals surface area contributed by atoms with Gasteiger partial charge in [0.05, 0.1) is 10.9 Å². The van der Waals surface area contributed by atoms with Crippen molar-refractivity contribution in [3.63, 3.8) is 0 Å². The minimum Gasteiger partial charge on any atom is -0.444 e. The fourth-order valence-electron chi connectivity index (χ4n) is 2.12. The number of nitrogens with zero attached hydrogens (tertiary/aromatic N) is 2. The fraction of sp³-hybridized carbons (Fsp3) is 0.118. The van der Waals surface area contributed by atoms with Gasteiger partial charge in [-0.25, -0.2) is 4.79 Å². The molecule has 0 fully saturated rings. The highest BCUT2D eigenvalue weighted by Crippen LogP contribution is 2.29. The highest BCUT2D eigenvalue weighted by molar-refractivity contribution is 5.98. The first kappa shape index (κ1) is 13.8. The molecule has 0 radical (unpaired) electrons. The van der Waals surface area contributed by atoms with Crippen LogP contribution in [0.1, 0.15) is 17.3 Å². The predicted octanol–water partition coefficient (Wildman–Crippen LogP) is 3.56. The van der Waals surface area contributed by atoms with E-state index in [-0.39, 0.29) is 0 Å². The Labute approximate surface area is 126 Å². The number of carbonyl (C=O) groups is 1. The largest absolute Gasteiger partial charge is 0.444 e. The lowest BCUT2D eigenvalue weighted by Gasteiger charge is -2.05. The van der Waals surface area contributed by atoms with Crippen LogP contribution in [0, 0.1) is 11.3 Å². The molecule has 0 bridgehead atoms. The number of nitriles is 1. The second-order valence-electron chi connectivity index (χ2n) is 4.79. The summed E-state index contributed by atoms with van der Waals surface area (Å²) >= 11 is 0. The second-order valence-corrected chi connectivity index (χ2v) is 4.79. The Kier molecular flexibility index (Phi) is 3.58. The minimum absolute atomic E-state index is 0.356. The van der Waals surface area contributed by atoms with Gasteiger partial charge in [0.2, 0.25) is 0 Å². The van der Waals surface area contributed by atoms with Crippen molar-refractivity contribution in [1.29, 1.82) is 5.26 Å². The Hall–Kier alpha value is -3.13. The maximum absolute atomic E-state index is 12.0. The average molecular weight is 292 g/mol. The van der Waals surface area contributed by atoms with Crippen molar-refractivity contribution in [1.82, 2.24) is 5.16 Å². The van der Waals surface area contributed by atoms with Crippen molar-refractivity contribution in [2.75, 3.05) is 0 Å². The summed E-state index contributed by atoms with van der Waals surface area (Å²) in [6, 6.07) is 16.3. The van der Waals surface area contributed by atoms with Gasteiger partial charge in [-0.1, -0.05) is 35.5 Å². The maximum Gasteiger partial charge on any atom is 0.339 e. The van der Waals surface area contributed by atoms with Gasteiger partial charge in [0.1, 0.15) is 11.6 Å². The van der Waals surface area contributed by atoms with Crippen LogP contribution < -0.4 is 0 Å². The first-order valence-corrected chi connectivity index (χ1v) is 6.74. The smallest absolute Gasteiger partial charge is 0.339 e. The number of hydrogen-bond donors (Lipinski definition) is 0. The molecule has 3 rings (SSSR count). The number of ether oxygens (including phenoxy) is 1. The molecule has 5 heteroatoms. The van der Waals surface area contributed by atoms with Crippen molar-refractivity contribution < 1.29 is 14.1 Å². The summed E-state index contributed by atoms with van der Waals surface area (Å²) in [6.45, 7) is 1.52. The van der Waals surface area contributed by atoms with Crippen molar-refractivity contribution in [3.8, 4) is 17.4 Å². The Morgan fingerprint density at radius 3 is 2.77 bits per heavy atom. The van der Waals surface area contributed by atoms with Gasteiger partial charge in [0, 0.05) is 5.56 Å². The van der Waals surface area contributed by atoms with Gasteiger partial charge >= 0.3 is 5.97 Å². The Bertz CT molecular complexity index is 862. The second kappa shape index (κ2) is 5.70. The summed E-state index contributed by atoms with van der Waals surface area (Å²) in [7, 11) is 0. The lowest BCUT2D eigenvalue weighted by atomic mass is 10.1. The van der Waals surface area contributed by atoms with E-state index in [0.717, 1.165) is 10.9 Å². The van der Waals surface area contributed by atoms with Crippen LogP contribution in [0.25, 0.3) is 22.2 Å². The fourth-order valence-corrected chi connectivity index (χ4v) is 2.12. The minimum atomic E-state index is -0.792. The van der Waals surface area contributed by atoms with Crippen LogP contribution in [0.15, 0.2) is 53.1 Å². The normalized spacial score (nSPS) is 11.8. The van der Waals surface area contributed by atoms with Crippen molar-refractivity contribution in [2.45, 2.75) is 13.0 Å². The quantitative estimate of drug-likeness (QED) is 0.690. The molecular formula is C17H12N2O3. The van der Waals surface area contributed by atoms with Crippen LogP contribution in [0.2, 0.25) is 0 Å². The van der Waals surface area contributed by atoms with E-state index in [4.69, 9.17) is 14.5 Å². The maximum atomic E-state index is 12.0. The van der Waals surface area contributed by atoms with E-state index in [1.54, 1.807) is 18.2 Å². The van der Waals surface area contributed by atoms with Crippen LogP contribution in [-0.2, 0) is 4.74 Å². The Balaban J connectivity index is 2.02. The topological polar surface area (TPSA) is 76.1 Å². The van der Waals surface area contributed by atoms with Crippen LogP contribution in [0.3, 0.4) is 0 Å². The summed E-state index contributed by atoms with van der Waals surface area (Å²) in [5, 5.41) is 13.4. The van der Waals surface area contributed by atoms with E-state index in [1.165, 1.54) is 6.92 Å². The molecule has 0 spiro atoms. The summed E-state index contributed by atoms with van der Waals surface area (Å²) in [4.78, 5) is 12.0. The summed E-state index contributed by atoms with van der Waals surface area (Å²) < 4.78 is 10.4. The van der Waals surface area contributed by atoms with E-state index < -0.39 is 12.1 Å². The molecule has 0 aliphatic heterocycles. The molecule has 1 aromatic heterocycles. The molecule has 1 atom stereocenters. The van der Waals surface area contributed by atoms with Gasteiger partial charge in [0.15, 0.2) is 11.9 Å². The monoisotopic (exact) mass is 292 g/mol. The highest BCUT2D eigenvalue weighted by Gasteiger charge is 2.16. The number of benzene rings is 2. The van der Waals surface area contributed by atoms with Crippen LogP contribution >= 0.6 is 0 Å². The number of esters is 1. The van der Waals surface area contributed by atoms with Gasteiger partial charge in [-0.15, -0.1) is 0 Å². The van der Waals surface area contributed by atoms with Gasteiger partial charge < -0.3 is 9.26 Å². The molecule has 0 N–H and O–H groups in total. The van der Waals surface area contributed by atoms with Crippen LogP contribution in [-0.4, -0.2) is 17.2 Å². The van der Waals surface area contributed by atoms with Crippen LogP contribution in [0.5, 0.6) is 0 Å². The molecular weight excluding hydrogens is 280 g/mol. The molecule has 3 aromatic rings. The Morgan fingerprint density at radius 2 is 2.05 bits per heavy atom. The third kappa shape index (κ3) is 2.54. The zero-order valence-electron chi connectivity index (χ0n) is 11.8. The number of aromatic nitrogens is 1. The van der Waals surface area contributed by atoms with Crippen LogP contribution in [0.4, 0.5) is 0 Å². The lowest BCUT2D eigenvalue weighted by molar-refractivity contribution is 0.0435. The first-order valence-electron chi connectivity index (χ1n) is 6.74. The molecule has 5 nitrogen and oxygen atoms in total. The van der Waals surface area contributed by atoms with Gasteiger partial charge in [-0.05, 0) is 25.1 Å². The van der Waals surface area contributed by atoms with Crippen molar-refractivity contribution in [2.24, 2.45) is 0 Å². The molecule has 2 aromatic carbocycles. The molecule has 0 saturated carbocycles. The molecule has 0 aliphatic carbocycles. The molecule has 0 saturated heterocycles. The number of rotatable bonds is 3. The Morgan fingerprint density at radius 1 is 1.27 bits per heavy atom. The first-order chi connectivity index (χ1) is 10.7. The van der Waals surface area contributed by atoms with Gasteiger partial charge in [0.25, 0.3) is 0 Å². The van der Waals surface area contributed by atoms with Gasteiger partial charge in [-0.2, -0.15) is 5.26 Å². The van der Waals surface area contributed by atoms with Gasteiger partial charge in [-0.3, -0.25) is 0 Å². The highest BCUT2D eigenvalue weighted by atomic mass is 16.5. The zero-order chi connectivity index (χ0) is 15.5. The van der Waals surface area contributed by atoms with E-state index >= 15 is 0 Å². The molecule has 0 amide bonds. The number of hydrogen-bond acceptors (Lipinski definition) is 5. The van der Waals surface area contributed by atoms with E-state index in [2.05, 4.69) is 5.16 Å². The lowest BCUT2D eigenvalue weighted by Crippen LogP contribution is -2.12. The summed E-state index contributed by atoms with van der Waals surface area (Å²) in [6.07, 6.45) is -0.792. The molecule has 22 heavy (non-hydrogen) atoms. The number of carbonyl (C=O) groups excluding carboxylic acids is 1. The SMILES string of the molecule is C[C@H](C#N)OC(=O)c1ccc2noc(-c3ccccc3)c2c1. The zero-order valence-corrected chi connectivity index (χ0v) is 11.8. The molecule has 108 valence electrons. The molecule has 1 heterocycles. The standard InChI is InChI=1S/C17H12N2O3/c1-11(10-18)21-17(20)13-7-8-15-14(9-13)16(22-19-15)12-5-3-2-4-6-12/h2-9,11H,1H3/t11-/m1/s1. The number of fused-ring (bicyclic) bond motifs is 1. The third-order valence-corrected chi connectivity index (χ3v) is 3.21. The van der Waals surface area contributed by atoms with E-state index in [0.29, 0.717) is 16.8 Å². The predicted molar refractivity (Wildman–Crippen MR) is 79.9 cm³/mol. The molecule has 0 aliphatic rings. The third-order valence-electron chi connectivity index (χ3n) is 3.21.